The van der Waals surface area contributed by atoms with Crippen LogP contribution in [0.4, 0.5) is 0 Å². The highest BCUT2D eigenvalue weighted by Gasteiger charge is 2.26. The van der Waals surface area contributed by atoms with Crippen LogP contribution in [0.5, 0.6) is 5.75 Å². The molecule has 0 saturated heterocycles. The Kier molecular flexibility index (Phi) is 9.45. The van der Waals surface area contributed by atoms with Crippen LogP contribution in [0.2, 0.25) is 0 Å². The van der Waals surface area contributed by atoms with Crippen molar-refractivity contribution in [3.05, 3.63) is 29.8 Å². The van der Waals surface area contributed by atoms with Gasteiger partial charge in [-0.3, -0.25) is 4.52 Å². The zero-order valence-electron chi connectivity index (χ0n) is 14.1. The van der Waals surface area contributed by atoms with E-state index < -0.39 is 7.75 Å². The minimum Gasteiger partial charge on any atom is -0.413 e. The lowest BCUT2D eigenvalue weighted by atomic mass is 10.2. The molecule has 1 aromatic rings. The van der Waals surface area contributed by atoms with Crippen molar-refractivity contribution in [1.82, 2.24) is 5.09 Å². The summed E-state index contributed by atoms with van der Waals surface area (Å²) in [6, 6.07) is 7.57. The highest BCUT2D eigenvalue weighted by atomic mass is 31.2. The minimum atomic E-state index is -3.30. The third kappa shape index (κ3) is 7.44. The van der Waals surface area contributed by atoms with Crippen molar-refractivity contribution in [2.75, 3.05) is 13.2 Å². The Bertz CT molecular complexity index is 465. The Balaban J connectivity index is 2.61. The molecule has 0 fully saturated rings. The van der Waals surface area contributed by atoms with Gasteiger partial charge in [0.25, 0.3) is 0 Å². The van der Waals surface area contributed by atoms with Crippen molar-refractivity contribution in [1.29, 1.82) is 0 Å². The van der Waals surface area contributed by atoms with Gasteiger partial charge in [0, 0.05) is 6.54 Å². The number of unbranched alkanes of at least 4 members (excludes halogenated alkanes) is 4. The lowest BCUT2D eigenvalue weighted by molar-refractivity contribution is 0.250. The zero-order valence-corrected chi connectivity index (χ0v) is 15.0. The Morgan fingerprint density at radius 3 is 2.45 bits per heavy atom. The third-order valence-corrected chi connectivity index (χ3v) is 4.98. The minimum absolute atomic E-state index is 0.446. The molecule has 1 atom stereocenters. The van der Waals surface area contributed by atoms with Crippen molar-refractivity contribution in [2.45, 2.75) is 59.3 Å². The largest absolute Gasteiger partial charge is 0.458 e. The number of para-hydroxylation sites is 1. The molecule has 0 heterocycles. The normalized spacial score (nSPS) is 13.8. The van der Waals surface area contributed by atoms with Gasteiger partial charge in [0.1, 0.15) is 5.75 Å². The molecule has 0 bridgehead atoms. The molecule has 0 aliphatic heterocycles. The van der Waals surface area contributed by atoms with E-state index in [1.807, 2.05) is 31.2 Å². The standard InChI is InChI=1S/C17H30NO3P/c1-4-6-8-11-14-18-22(19,20-15-7-5-2)21-17-13-10-9-12-16(17)3/h9-10,12-13H,4-8,11,14-15H2,1-3H3,(H,18,19). The van der Waals surface area contributed by atoms with Crippen LogP contribution < -0.4 is 9.61 Å². The molecule has 126 valence electrons. The van der Waals surface area contributed by atoms with E-state index in [4.69, 9.17) is 9.05 Å². The summed E-state index contributed by atoms with van der Waals surface area (Å²) >= 11 is 0. The summed E-state index contributed by atoms with van der Waals surface area (Å²) in [7, 11) is -3.30. The highest BCUT2D eigenvalue weighted by Crippen LogP contribution is 2.45. The number of rotatable bonds is 12. The molecule has 0 spiro atoms. The highest BCUT2D eigenvalue weighted by molar-refractivity contribution is 7.52. The summed E-state index contributed by atoms with van der Waals surface area (Å²) in [6.07, 6.45) is 6.36. The fourth-order valence-corrected chi connectivity index (χ4v) is 3.46. The molecule has 1 unspecified atom stereocenters. The van der Waals surface area contributed by atoms with Gasteiger partial charge in [0.05, 0.1) is 6.61 Å². The first-order chi connectivity index (χ1) is 10.6. The molecule has 1 N–H and O–H groups in total. The first kappa shape index (κ1) is 19.2. The second kappa shape index (κ2) is 10.8. The molecule has 4 nitrogen and oxygen atoms in total. The van der Waals surface area contributed by atoms with E-state index in [9.17, 15) is 4.57 Å². The van der Waals surface area contributed by atoms with E-state index in [0.717, 1.165) is 31.2 Å². The van der Waals surface area contributed by atoms with Crippen LogP contribution in [0, 0.1) is 6.92 Å². The Hall–Kier alpha value is -0.830. The van der Waals surface area contributed by atoms with Gasteiger partial charge < -0.3 is 4.52 Å². The number of hydrogen-bond donors (Lipinski definition) is 1. The maximum absolute atomic E-state index is 12.9. The maximum Gasteiger partial charge on any atom is 0.458 e. The summed E-state index contributed by atoms with van der Waals surface area (Å²) in [5.74, 6) is 0.614. The van der Waals surface area contributed by atoms with Gasteiger partial charge in [0.15, 0.2) is 0 Å². The maximum atomic E-state index is 12.9. The molecule has 1 rings (SSSR count). The number of nitrogens with one attached hydrogen (secondary N) is 1. The summed E-state index contributed by atoms with van der Waals surface area (Å²) in [6.45, 7) is 7.28. The SMILES string of the molecule is CCCCCCNP(=O)(OCCCC)Oc1ccccc1C. The molecule has 0 saturated carbocycles. The van der Waals surface area contributed by atoms with E-state index in [1.165, 1.54) is 12.8 Å². The van der Waals surface area contributed by atoms with Crippen LogP contribution in [0.25, 0.3) is 0 Å². The van der Waals surface area contributed by atoms with E-state index in [2.05, 4.69) is 18.9 Å². The van der Waals surface area contributed by atoms with Gasteiger partial charge in [-0.2, -0.15) is 0 Å². The van der Waals surface area contributed by atoms with Crippen LogP contribution in [0.1, 0.15) is 57.9 Å². The average molecular weight is 327 g/mol. The van der Waals surface area contributed by atoms with Crippen LogP contribution >= 0.6 is 7.75 Å². The lowest BCUT2D eigenvalue weighted by Gasteiger charge is -2.21. The number of benzene rings is 1. The first-order valence-electron chi connectivity index (χ1n) is 8.36. The average Bonchev–Trinajstić information content (AvgIpc) is 2.50. The predicted molar refractivity (Wildman–Crippen MR) is 92.4 cm³/mol. The molecule has 5 heteroatoms. The molecular weight excluding hydrogens is 297 g/mol. The third-order valence-electron chi connectivity index (χ3n) is 3.41. The second-order valence-corrected chi connectivity index (χ2v) is 7.26. The molecule has 0 aromatic heterocycles. The fraction of sp³-hybridized carbons (Fsp3) is 0.647. The van der Waals surface area contributed by atoms with Gasteiger partial charge in [-0.05, 0) is 31.4 Å². The second-order valence-electron chi connectivity index (χ2n) is 5.51. The van der Waals surface area contributed by atoms with Crippen LogP contribution in [-0.2, 0) is 9.09 Å². The zero-order chi connectivity index (χ0) is 16.3. The Morgan fingerprint density at radius 2 is 1.77 bits per heavy atom. The molecule has 0 aliphatic rings. The lowest BCUT2D eigenvalue weighted by Crippen LogP contribution is -2.18. The van der Waals surface area contributed by atoms with Crippen LogP contribution in [0.15, 0.2) is 24.3 Å². The van der Waals surface area contributed by atoms with E-state index in [1.54, 1.807) is 0 Å². The number of hydrogen-bond acceptors (Lipinski definition) is 3. The smallest absolute Gasteiger partial charge is 0.413 e. The topological polar surface area (TPSA) is 47.6 Å². The van der Waals surface area contributed by atoms with Gasteiger partial charge in [-0.1, -0.05) is 57.7 Å². The van der Waals surface area contributed by atoms with Gasteiger partial charge in [-0.15, -0.1) is 0 Å². The summed E-state index contributed by atoms with van der Waals surface area (Å²) < 4.78 is 24.2. The predicted octanol–water partition coefficient (Wildman–Crippen LogP) is 5.47. The summed E-state index contributed by atoms with van der Waals surface area (Å²) in [5.41, 5.74) is 0.953. The van der Waals surface area contributed by atoms with E-state index >= 15 is 0 Å². The molecule has 22 heavy (non-hydrogen) atoms. The van der Waals surface area contributed by atoms with Gasteiger partial charge >= 0.3 is 7.75 Å². The van der Waals surface area contributed by atoms with Crippen LogP contribution in [-0.4, -0.2) is 13.2 Å². The number of aryl methyl sites for hydroxylation is 1. The quantitative estimate of drug-likeness (QED) is 0.408. The van der Waals surface area contributed by atoms with Crippen LogP contribution in [0.3, 0.4) is 0 Å². The van der Waals surface area contributed by atoms with Crippen molar-refractivity contribution in [2.24, 2.45) is 0 Å². The molecule has 0 amide bonds. The van der Waals surface area contributed by atoms with E-state index in [0.29, 0.717) is 18.9 Å². The Labute approximate surface area is 135 Å². The van der Waals surface area contributed by atoms with Crippen molar-refractivity contribution >= 4 is 7.75 Å². The first-order valence-corrected chi connectivity index (χ1v) is 9.90. The summed E-state index contributed by atoms with van der Waals surface area (Å²) in [5, 5.41) is 3.00. The van der Waals surface area contributed by atoms with Gasteiger partial charge in [0.2, 0.25) is 0 Å². The van der Waals surface area contributed by atoms with E-state index in [-0.39, 0.29) is 0 Å². The van der Waals surface area contributed by atoms with Crippen molar-refractivity contribution in [3.8, 4) is 5.75 Å². The van der Waals surface area contributed by atoms with Gasteiger partial charge in [-0.25, -0.2) is 9.65 Å². The monoisotopic (exact) mass is 327 g/mol. The van der Waals surface area contributed by atoms with Crippen molar-refractivity contribution < 1.29 is 13.6 Å². The molecular formula is C17H30NO3P. The fourth-order valence-electron chi connectivity index (χ4n) is 1.99. The van der Waals surface area contributed by atoms with Crippen molar-refractivity contribution in [3.63, 3.8) is 0 Å². The summed E-state index contributed by atoms with van der Waals surface area (Å²) in [4.78, 5) is 0. The molecule has 0 aliphatic carbocycles. The molecule has 1 aromatic carbocycles. The Morgan fingerprint density at radius 1 is 1.05 bits per heavy atom. The molecule has 0 radical (unpaired) electrons.